The van der Waals surface area contributed by atoms with Gasteiger partial charge < -0.3 is 10.5 Å². The van der Waals surface area contributed by atoms with E-state index in [0.29, 0.717) is 18.8 Å². The van der Waals surface area contributed by atoms with Crippen LogP contribution in [-0.2, 0) is 6.42 Å². The smallest absolute Gasteiger partial charge is 0.347 e. The number of aromatic nitrogens is 2. The van der Waals surface area contributed by atoms with Crippen LogP contribution in [0, 0.1) is 0 Å². The van der Waals surface area contributed by atoms with E-state index in [9.17, 15) is 4.79 Å². The third-order valence-corrected chi connectivity index (χ3v) is 1.47. The molecular weight excluding hydrogens is 158 g/mol. The van der Waals surface area contributed by atoms with E-state index in [1.807, 2.05) is 0 Å². The summed E-state index contributed by atoms with van der Waals surface area (Å²) in [5, 5.41) is 0. The molecule has 66 valence electrons. The zero-order valence-corrected chi connectivity index (χ0v) is 6.83. The van der Waals surface area contributed by atoms with Gasteiger partial charge in [-0.25, -0.2) is 9.78 Å². The van der Waals surface area contributed by atoms with Crippen molar-refractivity contribution in [2.75, 3.05) is 13.7 Å². The van der Waals surface area contributed by atoms with Gasteiger partial charge in [-0.05, 0) is 13.0 Å². The second-order valence-corrected chi connectivity index (χ2v) is 2.29. The number of nitrogens with one attached hydrogen (secondary N) is 1. The molecule has 0 radical (unpaired) electrons. The molecule has 0 aliphatic rings. The number of H-pyrrole nitrogens is 1. The summed E-state index contributed by atoms with van der Waals surface area (Å²) in [6.45, 7) is 0.504. The van der Waals surface area contributed by atoms with Gasteiger partial charge in [0.25, 0.3) is 0 Å². The molecule has 0 unspecified atom stereocenters. The lowest BCUT2D eigenvalue weighted by Gasteiger charge is -2.04. The molecule has 1 aromatic rings. The molecule has 0 aliphatic carbocycles. The Balaban J connectivity index is 3.02. The van der Waals surface area contributed by atoms with Crippen LogP contribution in [0.25, 0.3) is 0 Å². The monoisotopic (exact) mass is 169 g/mol. The van der Waals surface area contributed by atoms with Crippen molar-refractivity contribution in [3.05, 3.63) is 22.2 Å². The molecule has 0 saturated carbocycles. The Bertz CT molecular complexity index is 308. The molecule has 0 spiro atoms. The number of rotatable bonds is 3. The number of nitrogens with two attached hydrogens (primary N) is 1. The highest BCUT2D eigenvalue weighted by molar-refractivity contribution is 5.22. The van der Waals surface area contributed by atoms with Crippen molar-refractivity contribution in [2.24, 2.45) is 5.73 Å². The summed E-state index contributed by atoms with van der Waals surface area (Å²) in [6, 6.07) is 0. The molecule has 0 bridgehead atoms. The zero-order chi connectivity index (χ0) is 8.97. The molecule has 12 heavy (non-hydrogen) atoms. The molecule has 0 atom stereocenters. The van der Waals surface area contributed by atoms with E-state index in [0.717, 1.165) is 5.56 Å². The van der Waals surface area contributed by atoms with E-state index < -0.39 is 5.69 Å². The number of ether oxygens (including phenoxy) is 1. The minimum Gasteiger partial charge on any atom is -0.482 e. The van der Waals surface area contributed by atoms with Gasteiger partial charge in [-0.15, -0.1) is 0 Å². The first-order valence-corrected chi connectivity index (χ1v) is 3.60. The molecule has 1 heterocycles. The van der Waals surface area contributed by atoms with Crippen molar-refractivity contribution in [2.45, 2.75) is 6.42 Å². The van der Waals surface area contributed by atoms with Gasteiger partial charge in [0.2, 0.25) is 0 Å². The maximum Gasteiger partial charge on any atom is 0.347 e. The van der Waals surface area contributed by atoms with E-state index in [-0.39, 0.29) is 0 Å². The standard InChI is InChI=1S/C7H11N3O2/c1-12-6-5(2-3-8)4-9-7(11)10-6/h4H,2-3,8H2,1H3,(H,9,10,11). The summed E-state index contributed by atoms with van der Waals surface area (Å²) >= 11 is 0. The number of aromatic amines is 1. The van der Waals surface area contributed by atoms with Crippen molar-refractivity contribution in [1.29, 1.82) is 0 Å². The Morgan fingerprint density at radius 3 is 3.08 bits per heavy atom. The molecule has 0 saturated heterocycles. The average molecular weight is 169 g/mol. The third-order valence-electron chi connectivity index (χ3n) is 1.47. The lowest BCUT2D eigenvalue weighted by Crippen LogP contribution is -2.14. The van der Waals surface area contributed by atoms with Gasteiger partial charge in [-0.1, -0.05) is 0 Å². The number of nitrogens with zero attached hydrogens (tertiary/aromatic N) is 1. The van der Waals surface area contributed by atoms with Gasteiger partial charge in [-0.3, -0.25) is 4.98 Å². The molecular formula is C7H11N3O2. The van der Waals surface area contributed by atoms with Crippen LogP contribution in [0.1, 0.15) is 5.56 Å². The molecule has 0 fully saturated rings. The summed E-state index contributed by atoms with van der Waals surface area (Å²) in [5.41, 5.74) is 5.76. The van der Waals surface area contributed by atoms with Gasteiger partial charge >= 0.3 is 5.69 Å². The van der Waals surface area contributed by atoms with E-state index in [4.69, 9.17) is 10.5 Å². The van der Waals surface area contributed by atoms with Crippen molar-refractivity contribution in [3.63, 3.8) is 0 Å². The van der Waals surface area contributed by atoms with Gasteiger partial charge in [0.15, 0.2) is 5.88 Å². The normalized spacial score (nSPS) is 9.83. The van der Waals surface area contributed by atoms with E-state index in [2.05, 4.69) is 9.97 Å². The van der Waals surface area contributed by atoms with Crippen molar-refractivity contribution >= 4 is 0 Å². The maximum atomic E-state index is 10.7. The van der Waals surface area contributed by atoms with Gasteiger partial charge in [0.1, 0.15) is 0 Å². The first kappa shape index (κ1) is 8.73. The third kappa shape index (κ3) is 1.82. The van der Waals surface area contributed by atoms with Crippen molar-refractivity contribution < 1.29 is 4.74 Å². The Hall–Kier alpha value is -1.36. The second kappa shape index (κ2) is 3.87. The van der Waals surface area contributed by atoms with Gasteiger partial charge in [0.05, 0.1) is 7.11 Å². The Morgan fingerprint density at radius 1 is 1.75 bits per heavy atom. The first-order chi connectivity index (χ1) is 5.77. The molecule has 0 amide bonds. The molecule has 5 nitrogen and oxygen atoms in total. The fourth-order valence-electron chi connectivity index (χ4n) is 0.921. The van der Waals surface area contributed by atoms with Crippen LogP contribution in [0.4, 0.5) is 0 Å². The predicted octanol–water partition coefficient (Wildman–Crippen LogP) is -0.720. The highest BCUT2D eigenvalue weighted by Crippen LogP contribution is 2.09. The van der Waals surface area contributed by atoms with Crippen molar-refractivity contribution in [1.82, 2.24) is 9.97 Å². The summed E-state index contributed by atoms with van der Waals surface area (Å²) in [5.74, 6) is 0.445. The predicted molar refractivity (Wildman–Crippen MR) is 44.2 cm³/mol. The van der Waals surface area contributed by atoms with Crippen molar-refractivity contribution in [3.8, 4) is 5.88 Å². The average Bonchev–Trinajstić information content (AvgIpc) is 2.08. The van der Waals surface area contributed by atoms with Crippen LogP contribution in [0.5, 0.6) is 5.88 Å². The highest BCUT2D eigenvalue weighted by Gasteiger charge is 2.02. The summed E-state index contributed by atoms with van der Waals surface area (Å²) in [6.07, 6.45) is 2.12. The Morgan fingerprint density at radius 2 is 2.50 bits per heavy atom. The van der Waals surface area contributed by atoms with Crippen LogP contribution < -0.4 is 16.2 Å². The quantitative estimate of drug-likeness (QED) is 0.625. The van der Waals surface area contributed by atoms with E-state index >= 15 is 0 Å². The number of hydrogen-bond acceptors (Lipinski definition) is 4. The summed E-state index contributed by atoms with van der Waals surface area (Å²) in [4.78, 5) is 16.8. The number of hydrogen-bond donors (Lipinski definition) is 2. The highest BCUT2D eigenvalue weighted by atomic mass is 16.5. The van der Waals surface area contributed by atoms with Crippen LogP contribution in [0.3, 0.4) is 0 Å². The molecule has 1 aromatic heterocycles. The fourth-order valence-corrected chi connectivity index (χ4v) is 0.921. The van der Waals surface area contributed by atoms with Crippen LogP contribution in [0.2, 0.25) is 0 Å². The molecule has 1 rings (SSSR count). The minimum atomic E-state index is -0.410. The van der Waals surface area contributed by atoms with Crippen LogP contribution >= 0.6 is 0 Å². The molecule has 0 aromatic carbocycles. The summed E-state index contributed by atoms with van der Waals surface area (Å²) < 4.78 is 4.93. The lowest BCUT2D eigenvalue weighted by atomic mass is 10.2. The number of methoxy groups -OCH3 is 1. The van der Waals surface area contributed by atoms with Gasteiger partial charge in [0, 0.05) is 11.8 Å². The summed E-state index contributed by atoms with van der Waals surface area (Å²) in [7, 11) is 1.49. The maximum absolute atomic E-state index is 10.7. The Kier molecular flexibility index (Phi) is 2.82. The molecule has 3 N–H and O–H groups in total. The SMILES string of the molecule is COc1[nH]c(=O)ncc1CCN. The van der Waals surface area contributed by atoms with Crippen LogP contribution in [0.15, 0.2) is 11.0 Å². The first-order valence-electron chi connectivity index (χ1n) is 3.60. The second-order valence-electron chi connectivity index (χ2n) is 2.29. The lowest BCUT2D eigenvalue weighted by molar-refractivity contribution is 0.389. The zero-order valence-electron chi connectivity index (χ0n) is 6.83. The topological polar surface area (TPSA) is 81.0 Å². The molecule has 0 aliphatic heterocycles. The largest absolute Gasteiger partial charge is 0.482 e. The van der Waals surface area contributed by atoms with E-state index in [1.165, 1.54) is 13.3 Å². The van der Waals surface area contributed by atoms with Gasteiger partial charge in [-0.2, -0.15) is 0 Å². The Labute approximate surface area is 69.6 Å². The minimum absolute atomic E-state index is 0.410. The van der Waals surface area contributed by atoms with Crippen LogP contribution in [-0.4, -0.2) is 23.6 Å². The van der Waals surface area contributed by atoms with E-state index in [1.54, 1.807) is 0 Å². The fraction of sp³-hybridized carbons (Fsp3) is 0.429. The molecule has 5 heteroatoms.